The lowest BCUT2D eigenvalue weighted by atomic mass is 10.1. The Labute approximate surface area is 156 Å². The van der Waals surface area contributed by atoms with Gasteiger partial charge in [0.25, 0.3) is 5.69 Å². The highest BCUT2D eigenvalue weighted by Gasteiger charge is 2.21. The minimum absolute atomic E-state index is 0.0219. The van der Waals surface area contributed by atoms with Crippen molar-refractivity contribution in [2.75, 3.05) is 42.9 Å². The molecule has 8 heteroatoms. The summed E-state index contributed by atoms with van der Waals surface area (Å²) in [7, 11) is 0. The van der Waals surface area contributed by atoms with Crippen LogP contribution in [0.25, 0.3) is 0 Å². The lowest BCUT2D eigenvalue weighted by molar-refractivity contribution is -0.385. The minimum atomic E-state index is -0.465. The molecule has 1 amide bonds. The van der Waals surface area contributed by atoms with Gasteiger partial charge in [0.05, 0.1) is 28.4 Å². The fourth-order valence-electron chi connectivity index (χ4n) is 3.20. The lowest BCUT2D eigenvalue weighted by Crippen LogP contribution is -2.48. The average Bonchev–Trinajstić information content (AvgIpc) is 2.64. The van der Waals surface area contributed by atoms with Crippen LogP contribution in [0.15, 0.2) is 42.5 Å². The third-order valence-electron chi connectivity index (χ3n) is 4.71. The van der Waals surface area contributed by atoms with Crippen molar-refractivity contribution in [3.63, 3.8) is 0 Å². The molecule has 1 aliphatic heterocycles. The molecule has 0 atom stereocenters. The third-order valence-corrected chi connectivity index (χ3v) is 4.71. The zero-order valence-electron chi connectivity index (χ0n) is 15.0. The summed E-state index contributed by atoms with van der Waals surface area (Å²) in [6, 6.07) is 11.3. The quantitative estimate of drug-likeness (QED) is 0.645. The molecule has 2 aromatic rings. The van der Waals surface area contributed by atoms with Crippen LogP contribution in [0.3, 0.4) is 0 Å². The molecule has 7 nitrogen and oxygen atoms in total. The summed E-state index contributed by atoms with van der Waals surface area (Å²) >= 11 is 0. The Morgan fingerprint density at radius 2 is 1.85 bits per heavy atom. The van der Waals surface area contributed by atoms with Gasteiger partial charge in [-0.05, 0) is 25.1 Å². The number of carbonyl (C=O) groups excluding carboxylic acids is 1. The summed E-state index contributed by atoms with van der Waals surface area (Å²) < 4.78 is 13.9. The van der Waals surface area contributed by atoms with E-state index in [1.54, 1.807) is 37.3 Å². The van der Waals surface area contributed by atoms with Crippen molar-refractivity contribution in [2.24, 2.45) is 0 Å². The van der Waals surface area contributed by atoms with Crippen molar-refractivity contribution in [1.82, 2.24) is 4.90 Å². The Morgan fingerprint density at radius 3 is 2.52 bits per heavy atom. The number of rotatable bonds is 5. The topological polar surface area (TPSA) is 78.7 Å². The van der Waals surface area contributed by atoms with E-state index in [2.05, 4.69) is 5.32 Å². The molecule has 0 aromatic heterocycles. The van der Waals surface area contributed by atoms with Crippen LogP contribution >= 0.6 is 0 Å². The van der Waals surface area contributed by atoms with Gasteiger partial charge in [0.2, 0.25) is 5.91 Å². The number of piperazine rings is 1. The number of halogens is 1. The van der Waals surface area contributed by atoms with E-state index in [4.69, 9.17) is 0 Å². The van der Waals surface area contributed by atoms with E-state index in [9.17, 15) is 19.3 Å². The van der Waals surface area contributed by atoms with Crippen molar-refractivity contribution < 1.29 is 14.1 Å². The number of para-hydroxylation sites is 1. The first-order chi connectivity index (χ1) is 13.0. The molecule has 1 fully saturated rings. The fourth-order valence-corrected chi connectivity index (χ4v) is 3.20. The molecule has 0 saturated carbocycles. The number of nitrogens with one attached hydrogen (secondary N) is 1. The predicted octanol–water partition coefficient (Wildman–Crippen LogP) is 2.80. The highest BCUT2D eigenvalue weighted by atomic mass is 19.1. The van der Waals surface area contributed by atoms with Crippen LogP contribution in [0.2, 0.25) is 0 Å². The van der Waals surface area contributed by atoms with Gasteiger partial charge in [0.15, 0.2) is 0 Å². The van der Waals surface area contributed by atoms with Crippen LogP contribution in [-0.2, 0) is 4.79 Å². The Hall–Kier alpha value is -3.00. The maximum Gasteiger partial charge on any atom is 0.274 e. The van der Waals surface area contributed by atoms with Gasteiger partial charge >= 0.3 is 0 Å². The standard InChI is InChI=1S/C19H21FN4O3/c1-14-16(6-4-8-17(14)24(26)27)21-19(25)13-22-9-11-23(12-10-22)18-7-3-2-5-15(18)20/h2-8H,9-13H2,1H3,(H,21,25). The molecule has 1 N–H and O–H groups in total. The number of hydrogen-bond acceptors (Lipinski definition) is 5. The monoisotopic (exact) mass is 372 g/mol. The van der Waals surface area contributed by atoms with Gasteiger partial charge in [0, 0.05) is 32.2 Å². The van der Waals surface area contributed by atoms with Crippen molar-refractivity contribution in [3.05, 3.63) is 64.0 Å². The molecule has 0 spiro atoms. The van der Waals surface area contributed by atoms with Crippen LogP contribution in [0.5, 0.6) is 0 Å². The summed E-state index contributed by atoms with van der Waals surface area (Å²) in [6.07, 6.45) is 0. The number of amides is 1. The molecule has 142 valence electrons. The van der Waals surface area contributed by atoms with E-state index < -0.39 is 4.92 Å². The van der Waals surface area contributed by atoms with E-state index in [-0.39, 0.29) is 24.0 Å². The Balaban J connectivity index is 1.55. The predicted molar refractivity (Wildman–Crippen MR) is 102 cm³/mol. The van der Waals surface area contributed by atoms with Gasteiger partial charge in [-0.3, -0.25) is 19.8 Å². The smallest absolute Gasteiger partial charge is 0.274 e. The number of carbonyl (C=O) groups is 1. The number of benzene rings is 2. The summed E-state index contributed by atoms with van der Waals surface area (Å²) in [6.45, 7) is 4.33. The van der Waals surface area contributed by atoms with E-state index in [1.807, 2.05) is 9.80 Å². The van der Waals surface area contributed by atoms with E-state index in [0.717, 1.165) is 0 Å². The highest BCUT2D eigenvalue weighted by molar-refractivity contribution is 5.93. The maximum atomic E-state index is 13.9. The molecule has 0 unspecified atom stereocenters. The average molecular weight is 372 g/mol. The summed E-state index contributed by atoms with van der Waals surface area (Å²) in [5, 5.41) is 13.7. The number of anilines is 2. The van der Waals surface area contributed by atoms with E-state index in [0.29, 0.717) is 43.1 Å². The maximum absolute atomic E-state index is 13.9. The highest BCUT2D eigenvalue weighted by Crippen LogP contribution is 2.25. The molecule has 0 radical (unpaired) electrons. The molecule has 1 saturated heterocycles. The number of nitrogens with zero attached hydrogens (tertiary/aromatic N) is 3. The normalized spacial score (nSPS) is 14.8. The molecule has 1 aliphatic rings. The van der Waals surface area contributed by atoms with Gasteiger partial charge in [-0.25, -0.2) is 4.39 Å². The van der Waals surface area contributed by atoms with Crippen LogP contribution in [0, 0.1) is 22.9 Å². The third kappa shape index (κ3) is 4.40. The summed E-state index contributed by atoms with van der Waals surface area (Å²) in [5.74, 6) is -0.470. The summed E-state index contributed by atoms with van der Waals surface area (Å²) in [4.78, 5) is 26.8. The first kappa shape index (κ1) is 18.8. The van der Waals surface area contributed by atoms with Crippen LogP contribution in [0.1, 0.15) is 5.56 Å². The zero-order chi connectivity index (χ0) is 19.4. The number of nitro benzene ring substituents is 1. The molecule has 27 heavy (non-hydrogen) atoms. The first-order valence-electron chi connectivity index (χ1n) is 8.71. The summed E-state index contributed by atoms with van der Waals surface area (Å²) in [5.41, 5.74) is 1.43. The molecule has 0 bridgehead atoms. The van der Waals surface area contributed by atoms with Gasteiger partial charge in [-0.1, -0.05) is 18.2 Å². The van der Waals surface area contributed by atoms with Gasteiger partial charge < -0.3 is 10.2 Å². The molecule has 3 rings (SSSR count). The minimum Gasteiger partial charge on any atom is -0.367 e. The Kier molecular flexibility index (Phi) is 5.66. The van der Waals surface area contributed by atoms with Gasteiger partial charge in [-0.15, -0.1) is 0 Å². The van der Waals surface area contributed by atoms with E-state index >= 15 is 0 Å². The lowest BCUT2D eigenvalue weighted by Gasteiger charge is -2.35. The second-order valence-corrected chi connectivity index (χ2v) is 6.47. The van der Waals surface area contributed by atoms with E-state index in [1.165, 1.54) is 12.1 Å². The second kappa shape index (κ2) is 8.13. The largest absolute Gasteiger partial charge is 0.367 e. The van der Waals surface area contributed by atoms with Crippen molar-refractivity contribution >= 4 is 23.0 Å². The van der Waals surface area contributed by atoms with Crippen LogP contribution in [0.4, 0.5) is 21.5 Å². The molecule has 1 heterocycles. The molecular weight excluding hydrogens is 351 g/mol. The van der Waals surface area contributed by atoms with Crippen LogP contribution in [-0.4, -0.2) is 48.5 Å². The van der Waals surface area contributed by atoms with Gasteiger partial charge in [0.1, 0.15) is 5.82 Å². The Morgan fingerprint density at radius 1 is 1.15 bits per heavy atom. The fraction of sp³-hybridized carbons (Fsp3) is 0.316. The zero-order valence-corrected chi connectivity index (χ0v) is 15.0. The SMILES string of the molecule is Cc1c(NC(=O)CN2CCN(c3ccccc3F)CC2)cccc1[N+](=O)[O-]. The number of nitro groups is 1. The van der Waals surface area contributed by atoms with Crippen molar-refractivity contribution in [1.29, 1.82) is 0 Å². The van der Waals surface area contributed by atoms with Gasteiger partial charge in [-0.2, -0.15) is 0 Å². The number of hydrogen-bond donors (Lipinski definition) is 1. The van der Waals surface area contributed by atoms with Crippen molar-refractivity contribution in [3.8, 4) is 0 Å². The molecular formula is C19H21FN4O3. The van der Waals surface area contributed by atoms with Crippen LogP contribution < -0.4 is 10.2 Å². The second-order valence-electron chi connectivity index (χ2n) is 6.47. The molecule has 0 aliphatic carbocycles. The first-order valence-corrected chi connectivity index (χ1v) is 8.71. The van der Waals surface area contributed by atoms with Crippen molar-refractivity contribution in [2.45, 2.75) is 6.92 Å². The molecule has 2 aromatic carbocycles. The Bertz CT molecular complexity index is 851.